The van der Waals surface area contributed by atoms with E-state index in [9.17, 15) is 4.79 Å². The number of nitrogens with zero attached hydrogens (tertiary/aromatic N) is 2. The second kappa shape index (κ2) is 3.09. The molecule has 1 heterocycles. The Balaban J connectivity index is 3.01. The van der Waals surface area contributed by atoms with Gasteiger partial charge in [-0.2, -0.15) is 0 Å². The van der Waals surface area contributed by atoms with E-state index in [-0.39, 0.29) is 5.69 Å². The maximum absolute atomic E-state index is 10.4. The van der Waals surface area contributed by atoms with Crippen LogP contribution in [0.5, 0.6) is 0 Å². The van der Waals surface area contributed by atoms with Crippen LogP contribution in [0.2, 0.25) is 0 Å². The highest BCUT2D eigenvalue weighted by molar-refractivity contribution is 5.84. The summed E-state index contributed by atoms with van der Waals surface area (Å²) < 4.78 is 0. The van der Waals surface area contributed by atoms with Crippen molar-refractivity contribution >= 4 is 5.97 Å². The van der Waals surface area contributed by atoms with Gasteiger partial charge in [0.05, 0.1) is 11.9 Å². The molecule has 0 aliphatic heterocycles. The molecular weight excluding hydrogens is 144 g/mol. The predicted octanol–water partition coefficient (Wildman–Crippen LogP) is 0.737. The van der Waals surface area contributed by atoms with Crippen LogP contribution in [-0.4, -0.2) is 21.0 Å². The van der Waals surface area contributed by atoms with Crippen LogP contribution in [0.15, 0.2) is 12.4 Å². The normalized spacial score (nSPS) is 9.55. The highest BCUT2D eigenvalue weighted by Crippen LogP contribution is 1.96. The Labute approximate surface area is 63.9 Å². The Bertz CT molecular complexity index is 273. The summed E-state index contributed by atoms with van der Waals surface area (Å²) in [6.07, 6.45) is 3.50. The van der Waals surface area contributed by atoms with E-state index in [0.29, 0.717) is 12.1 Å². The molecule has 4 nitrogen and oxygen atoms in total. The highest BCUT2D eigenvalue weighted by Gasteiger charge is 2.03. The molecule has 58 valence electrons. The van der Waals surface area contributed by atoms with Gasteiger partial charge in [0, 0.05) is 6.20 Å². The third-order valence-electron chi connectivity index (χ3n) is 1.27. The van der Waals surface area contributed by atoms with Crippen LogP contribution in [0.4, 0.5) is 0 Å². The van der Waals surface area contributed by atoms with Crippen LogP contribution in [0.1, 0.15) is 23.1 Å². The Morgan fingerprint density at radius 2 is 2.36 bits per heavy atom. The van der Waals surface area contributed by atoms with E-state index in [1.165, 1.54) is 6.20 Å². The lowest BCUT2D eigenvalue weighted by Gasteiger charge is -1.95. The third-order valence-corrected chi connectivity index (χ3v) is 1.27. The van der Waals surface area contributed by atoms with Crippen LogP contribution in [0.3, 0.4) is 0 Å². The van der Waals surface area contributed by atoms with Gasteiger partial charge in [-0.25, -0.2) is 9.78 Å². The zero-order chi connectivity index (χ0) is 8.27. The summed E-state index contributed by atoms with van der Waals surface area (Å²) in [4.78, 5) is 17.9. The molecule has 0 saturated carbocycles. The number of hydrogen-bond donors (Lipinski definition) is 1. The molecule has 0 fully saturated rings. The van der Waals surface area contributed by atoms with Gasteiger partial charge in [0.25, 0.3) is 0 Å². The minimum Gasteiger partial charge on any atom is -0.476 e. The molecule has 0 bridgehead atoms. The van der Waals surface area contributed by atoms with Gasteiger partial charge < -0.3 is 5.11 Å². The first-order valence-corrected chi connectivity index (χ1v) is 3.28. The van der Waals surface area contributed by atoms with Gasteiger partial charge in [-0.15, -0.1) is 0 Å². The van der Waals surface area contributed by atoms with Crippen molar-refractivity contribution in [1.82, 2.24) is 9.97 Å². The Hall–Kier alpha value is -1.45. The zero-order valence-electron chi connectivity index (χ0n) is 6.11. The lowest BCUT2D eigenvalue weighted by Crippen LogP contribution is -2.03. The molecule has 0 amide bonds. The summed E-state index contributed by atoms with van der Waals surface area (Å²) in [5.74, 6) is -1.03. The van der Waals surface area contributed by atoms with Crippen molar-refractivity contribution in [2.24, 2.45) is 0 Å². The monoisotopic (exact) mass is 152 g/mol. The summed E-state index contributed by atoms with van der Waals surface area (Å²) in [6.45, 7) is 1.90. The highest BCUT2D eigenvalue weighted by atomic mass is 16.4. The summed E-state index contributed by atoms with van der Waals surface area (Å²) in [5.41, 5.74) is 0.703. The van der Waals surface area contributed by atoms with Gasteiger partial charge in [-0.05, 0) is 6.42 Å². The molecule has 1 N–H and O–H groups in total. The average molecular weight is 152 g/mol. The van der Waals surface area contributed by atoms with E-state index in [0.717, 1.165) is 0 Å². The first-order chi connectivity index (χ1) is 5.24. The third kappa shape index (κ3) is 1.73. The first-order valence-electron chi connectivity index (χ1n) is 3.28. The number of aromatic carboxylic acids is 1. The number of aryl methyl sites for hydroxylation is 1. The van der Waals surface area contributed by atoms with Crippen LogP contribution in [0.25, 0.3) is 0 Å². The van der Waals surface area contributed by atoms with Gasteiger partial charge in [-0.3, -0.25) is 4.98 Å². The topological polar surface area (TPSA) is 63.1 Å². The summed E-state index contributed by atoms with van der Waals surface area (Å²) in [6, 6.07) is 0. The number of aromatic nitrogens is 2. The van der Waals surface area contributed by atoms with E-state index in [2.05, 4.69) is 9.97 Å². The van der Waals surface area contributed by atoms with Crippen molar-refractivity contribution in [3.05, 3.63) is 23.8 Å². The maximum Gasteiger partial charge on any atom is 0.356 e. The fourth-order valence-electron chi connectivity index (χ4n) is 0.680. The van der Waals surface area contributed by atoms with Crippen molar-refractivity contribution in [1.29, 1.82) is 0 Å². The molecule has 0 spiro atoms. The SMILES string of the molecule is CCc1cncc(C(=O)O)n1. The van der Waals surface area contributed by atoms with Gasteiger partial charge in [0.1, 0.15) is 0 Å². The molecule has 0 aromatic carbocycles. The molecule has 0 radical (unpaired) electrons. The summed E-state index contributed by atoms with van der Waals surface area (Å²) in [7, 11) is 0. The second-order valence-electron chi connectivity index (χ2n) is 2.05. The van der Waals surface area contributed by atoms with E-state index in [4.69, 9.17) is 5.11 Å². The molecule has 1 aromatic heterocycles. The van der Waals surface area contributed by atoms with Crippen molar-refractivity contribution < 1.29 is 9.90 Å². The fourth-order valence-corrected chi connectivity index (χ4v) is 0.680. The molecule has 11 heavy (non-hydrogen) atoms. The van der Waals surface area contributed by atoms with Crippen molar-refractivity contribution in [3.8, 4) is 0 Å². The molecule has 0 unspecified atom stereocenters. The molecule has 0 aliphatic rings. The molecule has 4 heteroatoms. The smallest absolute Gasteiger partial charge is 0.356 e. The molecule has 0 saturated heterocycles. The summed E-state index contributed by atoms with van der Waals surface area (Å²) >= 11 is 0. The van der Waals surface area contributed by atoms with Crippen molar-refractivity contribution in [2.45, 2.75) is 13.3 Å². The Morgan fingerprint density at radius 1 is 1.64 bits per heavy atom. The van der Waals surface area contributed by atoms with Crippen molar-refractivity contribution in [3.63, 3.8) is 0 Å². The molecular formula is C7H8N2O2. The predicted molar refractivity (Wildman–Crippen MR) is 38.4 cm³/mol. The molecule has 1 aromatic rings. The van der Waals surface area contributed by atoms with Crippen LogP contribution < -0.4 is 0 Å². The van der Waals surface area contributed by atoms with Crippen LogP contribution in [-0.2, 0) is 6.42 Å². The van der Waals surface area contributed by atoms with E-state index in [1.807, 2.05) is 6.92 Å². The van der Waals surface area contributed by atoms with Gasteiger partial charge in [0.2, 0.25) is 0 Å². The van der Waals surface area contributed by atoms with Gasteiger partial charge in [-0.1, -0.05) is 6.92 Å². The van der Waals surface area contributed by atoms with Crippen LogP contribution in [0, 0.1) is 0 Å². The van der Waals surface area contributed by atoms with Crippen LogP contribution >= 0.6 is 0 Å². The number of hydrogen-bond acceptors (Lipinski definition) is 3. The van der Waals surface area contributed by atoms with Gasteiger partial charge >= 0.3 is 5.97 Å². The summed E-state index contributed by atoms with van der Waals surface area (Å²) in [5, 5.41) is 8.50. The Kier molecular flexibility index (Phi) is 2.15. The van der Waals surface area contributed by atoms with Gasteiger partial charge in [0.15, 0.2) is 5.69 Å². The lowest BCUT2D eigenvalue weighted by molar-refractivity contribution is 0.0689. The zero-order valence-corrected chi connectivity index (χ0v) is 6.11. The fraction of sp³-hybridized carbons (Fsp3) is 0.286. The van der Waals surface area contributed by atoms with E-state index in [1.54, 1.807) is 6.20 Å². The Morgan fingerprint density at radius 3 is 2.91 bits per heavy atom. The van der Waals surface area contributed by atoms with E-state index < -0.39 is 5.97 Å². The largest absolute Gasteiger partial charge is 0.476 e. The quantitative estimate of drug-likeness (QED) is 0.678. The van der Waals surface area contributed by atoms with Crippen molar-refractivity contribution in [2.75, 3.05) is 0 Å². The molecule has 1 rings (SSSR count). The number of carboxylic acid groups (broad SMARTS) is 1. The van der Waals surface area contributed by atoms with E-state index >= 15 is 0 Å². The molecule has 0 aliphatic carbocycles. The number of carboxylic acids is 1. The lowest BCUT2D eigenvalue weighted by atomic mass is 10.3. The standard InChI is InChI=1S/C7H8N2O2/c1-2-5-3-8-4-6(9-5)7(10)11/h3-4H,2H2,1H3,(H,10,11). The average Bonchev–Trinajstić information content (AvgIpc) is 2.05. The minimum absolute atomic E-state index is 0.00403. The minimum atomic E-state index is -1.03. The molecule has 0 atom stereocenters. The number of carbonyl (C=O) groups is 1. The second-order valence-corrected chi connectivity index (χ2v) is 2.05. The maximum atomic E-state index is 10.4. The number of rotatable bonds is 2. The first kappa shape index (κ1) is 7.65.